The Kier molecular flexibility index (Phi) is 5.17. The Morgan fingerprint density at radius 3 is 2.50 bits per heavy atom. The molecule has 1 saturated heterocycles. The first-order valence-electron chi connectivity index (χ1n) is 8.09. The predicted molar refractivity (Wildman–Crippen MR) is 99.8 cm³/mol. The van der Waals surface area contributed by atoms with E-state index in [2.05, 4.69) is 5.32 Å². The molecule has 0 bridgehead atoms. The molecule has 0 radical (unpaired) electrons. The number of nitro benzene ring substituents is 1. The Balaban J connectivity index is 1.72. The SMILES string of the molecule is CC(=O)Nc1cc(N2CCN(C(=O)c3cccs3)CC2)ccc1[N+](=O)[O-]. The minimum absolute atomic E-state index is 0.0299. The lowest BCUT2D eigenvalue weighted by Crippen LogP contribution is -2.48. The van der Waals surface area contributed by atoms with E-state index in [1.165, 1.54) is 24.3 Å². The molecule has 3 rings (SSSR count). The van der Waals surface area contributed by atoms with E-state index >= 15 is 0 Å². The number of hydrogen-bond acceptors (Lipinski definition) is 6. The summed E-state index contributed by atoms with van der Waals surface area (Å²) < 4.78 is 0. The van der Waals surface area contributed by atoms with Crippen molar-refractivity contribution in [1.29, 1.82) is 0 Å². The monoisotopic (exact) mass is 374 g/mol. The third kappa shape index (κ3) is 3.83. The topological polar surface area (TPSA) is 95.8 Å². The lowest BCUT2D eigenvalue weighted by atomic mass is 10.2. The van der Waals surface area contributed by atoms with E-state index in [0.29, 0.717) is 26.2 Å². The number of rotatable bonds is 4. The van der Waals surface area contributed by atoms with Crippen molar-refractivity contribution in [3.8, 4) is 0 Å². The van der Waals surface area contributed by atoms with Crippen LogP contribution in [0.2, 0.25) is 0 Å². The van der Waals surface area contributed by atoms with Crippen LogP contribution in [0.3, 0.4) is 0 Å². The summed E-state index contributed by atoms with van der Waals surface area (Å²) in [7, 11) is 0. The van der Waals surface area contributed by atoms with E-state index in [9.17, 15) is 19.7 Å². The molecule has 0 saturated carbocycles. The maximum atomic E-state index is 12.4. The second-order valence-corrected chi connectivity index (χ2v) is 6.84. The highest BCUT2D eigenvalue weighted by Crippen LogP contribution is 2.30. The average Bonchev–Trinajstić information content (AvgIpc) is 3.15. The first-order chi connectivity index (χ1) is 12.5. The highest BCUT2D eigenvalue weighted by Gasteiger charge is 2.24. The molecule has 2 amide bonds. The third-order valence-corrected chi connectivity index (χ3v) is 5.01. The van der Waals surface area contributed by atoms with Crippen molar-refractivity contribution < 1.29 is 14.5 Å². The molecule has 0 unspecified atom stereocenters. The van der Waals surface area contributed by atoms with Gasteiger partial charge in [-0.3, -0.25) is 19.7 Å². The minimum atomic E-state index is -0.521. The van der Waals surface area contributed by atoms with E-state index in [4.69, 9.17) is 0 Å². The van der Waals surface area contributed by atoms with Crippen molar-refractivity contribution in [1.82, 2.24) is 4.90 Å². The Labute approximate surface area is 154 Å². The summed E-state index contributed by atoms with van der Waals surface area (Å²) in [5, 5.41) is 15.5. The summed E-state index contributed by atoms with van der Waals surface area (Å²) in [5.41, 5.74) is 0.815. The number of amides is 2. The van der Waals surface area contributed by atoms with Crippen LogP contribution in [0.5, 0.6) is 0 Å². The zero-order valence-electron chi connectivity index (χ0n) is 14.2. The van der Waals surface area contributed by atoms with E-state index in [1.807, 2.05) is 27.3 Å². The Bertz CT molecular complexity index is 829. The molecule has 0 aliphatic carbocycles. The van der Waals surface area contributed by atoms with Crippen LogP contribution in [0, 0.1) is 10.1 Å². The Hall–Kier alpha value is -2.94. The van der Waals surface area contributed by atoms with Crippen molar-refractivity contribution in [2.75, 3.05) is 36.4 Å². The molecule has 0 spiro atoms. The van der Waals surface area contributed by atoms with Crippen LogP contribution in [0.1, 0.15) is 16.6 Å². The smallest absolute Gasteiger partial charge is 0.292 e. The first kappa shape index (κ1) is 17.9. The number of nitro groups is 1. The lowest BCUT2D eigenvalue weighted by Gasteiger charge is -2.36. The van der Waals surface area contributed by atoms with Crippen LogP contribution >= 0.6 is 11.3 Å². The second-order valence-electron chi connectivity index (χ2n) is 5.90. The molecule has 9 heteroatoms. The van der Waals surface area contributed by atoms with Crippen molar-refractivity contribution in [2.45, 2.75) is 6.92 Å². The standard InChI is InChI=1S/C17H18N4O4S/c1-12(22)18-14-11-13(4-5-15(14)21(24)25)19-6-8-20(9-7-19)17(23)16-3-2-10-26-16/h2-5,10-11H,6-9H2,1H3,(H,18,22). The fourth-order valence-electron chi connectivity index (χ4n) is 2.89. The molecule has 8 nitrogen and oxygen atoms in total. The van der Waals surface area contributed by atoms with E-state index in [1.54, 1.807) is 12.1 Å². The fraction of sp³-hybridized carbons (Fsp3) is 0.294. The number of carbonyl (C=O) groups is 2. The van der Waals surface area contributed by atoms with Crippen LogP contribution in [-0.4, -0.2) is 47.8 Å². The number of piperazine rings is 1. The number of thiophene rings is 1. The van der Waals surface area contributed by atoms with E-state index in [-0.39, 0.29) is 23.2 Å². The quantitative estimate of drug-likeness (QED) is 0.655. The summed E-state index contributed by atoms with van der Waals surface area (Å²) in [4.78, 5) is 38.9. The number of benzene rings is 1. The summed E-state index contributed by atoms with van der Waals surface area (Å²) in [6.45, 7) is 3.70. The van der Waals surface area contributed by atoms with Gasteiger partial charge < -0.3 is 15.1 Å². The summed E-state index contributed by atoms with van der Waals surface area (Å²) in [6, 6.07) is 8.34. The van der Waals surface area contributed by atoms with Gasteiger partial charge in [0, 0.05) is 44.9 Å². The van der Waals surface area contributed by atoms with Gasteiger partial charge in [-0.2, -0.15) is 0 Å². The molecule has 2 aromatic rings. The highest BCUT2D eigenvalue weighted by molar-refractivity contribution is 7.12. The molecule has 1 aromatic heterocycles. The lowest BCUT2D eigenvalue weighted by molar-refractivity contribution is -0.383. The average molecular weight is 374 g/mol. The summed E-state index contributed by atoms with van der Waals surface area (Å²) >= 11 is 1.42. The number of nitrogens with one attached hydrogen (secondary N) is 1. The van der Waals surface area contributed by atoms with Crippen LogP contribution in [0.25, 0.3) is 0 Å². The number of carbonyl (C=O) groups excluding carboxylic acids is 2. The van der Waals surface area contributed by atoms with Gasteiger partial charge in [-0.1, -0.05) is 6.07 Å². The molecule has 1 aliphatic heterocycles. The third-order valence-electron chi connectivity index (χ3n) is 4.15. The Morgan fingerprint density at radius 2 is 1.92 bits per heavy atom. The van der Waals surface area contributed by atoms with Gasteiger partial charge in [0.2, 0.25) is 5.91 Å². The van der Waals surface area contributed by atoms with E-state index < -0.39 is 4.92 Å². The fourth-order valence-corrected chi connectivity index (χ4v) is 3.58. The summed E-state index contributed by atoms with van der Waals surface area (Å²) in [6.07, 6.45) is 0. The molecule has 1 aliphatic rings. The maximum Gasteiger partial charge on any atom is 0.292 e. The normalized spacial score (nSPS) is 14.2. The van der Waals surface area contributed by atoms with Gasteiger partial charge in [0.1, 0.15) is 5.69 Å². The van der Waals surface area contributed by atoms with Gasteiger partial charge in [-0.05, 0) is 23.6 Å². The van der Waals surface area contributed by atoms with Gasteiger partial charge in [0.25, 0.3) is 11.6 Å². The largest absolute Gasteiger partial charge is 0.368 e. The van der Waals surface area contributed by atoms with Crippen molar-refractivity contribution in [3.63, 3.8) is 0 Å². The van der Waals surface area contributed by atoms with Gasteiger partial charge in [0.05, 0.1) is 9.80 Å². The summed E-state index contributed by atoms with van der Waals surface area (Å²) in [5.74, 6) is -0.334. The van der Waals surface area contributed by atoms with Crippen LogP contribution in [0.15, 0.2) is 35.7 Å². The predicted octanol–water partition coefficient (Wildman–Crippen LogP) is 2.58. The zero-order valence-corrected chi connectivity index (χ0v) is 15.0. The number of anilines is 2. The maximum absolute atomic E-state index is 12.4. The van der Waals surface area contributed by atoms with Gasteiger partial charge in [0.15, 0.2) is 0 Å². The molecule has 26 heavy (non-hydrogen) atoms. The minimum Gasteiger partial charge on any atom is -0.368 e. The molecule has 1 aromatic carbocycles. The van der Waals surface area contributed by atoms with Crippen molar-refractivity contribution in [3.05, 3.63) is 50.7 Å². The van der Waals surface area contributed by atoms with Gasteiger partial charge in [-0.25, -0.2) is 0 Å². The number of nitrogens with zero attached hydrogens (tertiary/aromatic N) is 3. The van der Waals surface area contributed by atoms with Crippen molar-refractivity contribution in [2.24, 2.45) is 0 Å². The molecular formula is C17H18N4O4S. The van der Waals surface area contributed by atoms with Crippen molar-refractivity contribution >= 4 is 40.2 Å². The Morgan fingerprint density at radius 1 is 1.19 bits per heavy atom. The van der Waals surface area contributed by atoms with Crippen LogP contribution in [-0.2, 0) is 4.79 Å². The van der Waals surface area contributed by atoms with Gasteiger partial charge in [-0.15, -0.1) is 11.3 Å². The highest BCUT2D eigenvalue weighted by atomic mass is 32.1. The van der Waals surface area contributed by atoms with Crippen LogP contribution < -0.4 is 10.2 Å². The molecule has 136 valence electrons. The molecular weight excluding hydrogens is 356 g/mol. The van der Waals surface area contributed by atoms with Gasteiger partial charge >= 0.3 is 0 Å². The molecule has 1 fully saturated rings. The first-order valence-corrected chi connectivity index (χ1v) is 8.97. The molecule has 2 heterocycles. The van der Waals surface area contributed by atoms with Crippen LogP contribution in [0.4, 0.5) is 17.1 Å². The second kappa shape index (κ2) is 7.52. The number of hydrogen-bond donors (Lipinski definition) is 1. The molecule has 1 N–H and O–H groups in total. The molecule has 0 atom stereocenters. The van der Waals surface area contributed by atoms with E-state index in [0.717, 1.165) is 10.6 Å². The zero-order chi connectivity index (χ0) is 18.7.